The normalized spacial score (nSPS) is 11.9. The van der Waals surface area contributed by atoms with E-state index in [0.717, 1.165) is 0 Å². The second-order valence-corrected chi connectivity index (χ2v) is 5.72. The highest BCUT2D eigenvalue weighted by molar-refractivity contribution is 7.85. The molecule has 2 aromatic carbocycles. The van der Waals surface area contributed by atoms with Gasteiger partial charge in [0.2, 0.25) is 0 Å². The van der Waals surface area contributed by atoms with Gasteiger partial charge in [0.05, 0.1) is 16.6 Å². The Labute approximate surface area is 123 Å². The Bertz CT molecular complexity index is 655. The first-order chi connectivity index (χ1) is 10.1. The molecule has 4 nitrogen and oxygen atoms in total. The van der Waals surface area contributed by atoms with Gasteiger partial charge in [0.25, 0.3) is 0 Å². The van der Waals surface area contributed by atoms with Crippen molar-refractivity contribution in [3.63, 3.8) is 0 Å². The summed E-state index contributed by atoms with van der Waals surface area (Å²) in [5, 5.41) is 9.00. The summed E-state index contributed by atoms with van der Waals surface area (Å²) < 4.78 is 30.1. The molecular formula is C15H13FO4S. The van der Waals surface area contributed by atoms with E-state index in [4.69, 9.17) is 9.84 Å². The molecule has 1 unspecified atom stereocenters. The van der Waals surface area contributed by atoms with Crippen molar-refractivity contribution in [2.45, 2.75) is 4.90 Å². The van der Waals surface area contributed by atoms with Crippen molar-refractivity contribution in [3.05, 3.63) is 59.9 Å². The summed E-state index contributed by atoms with van der Waals surface area (Å²) in [6.07, 6.45) is 0. The van der Waals surface area contributed by atoms with Crippen molar-refractivity contribution in [1.29, 1.82) is 0 Å². The van der Waals surface area contributed by atoms with Crippen LogP contribution in [0.15, 0.2) is 53.4 Å². The molecule has 0 bridgehead atoms. The van der Waals surface area contributed by atoms with E-state index in [0.29, 0.717) is 4.90 Å². The topological polar surface area (TPSA) is 63.6 Å². The number of carbonyl (C=O) groups is 1. The van der Waals surface area contributed by atoms with Gasteiger partial charge >= 0.3 is 5.97 Å². The zero-order chi connectivity index (χ0) is 15.2. The smallest absolute Gasteiger partial charge is 0.339 e. The number of halogens is 1. The Morgan fingerprint density at radius 1 is 1.14 bits per heavy atom. The molecule has 0 aliphatic heterocycles. The van der Waals surface area contributed by atoms with Gasteiger partial charge in [-0.25, -0.2) is 9.18 Å². The Morgan fingerprint density at radius 3 is 2.48 bits per heavy atom. The maximum atomic E-state index is 12.8. The van der Waals surface area contributed by atoms with Gasteiger partial charge < -0.3 is 9.84 Å². The second kappa shape index (κ2) is 6.99. The van der Waals surface area contributed by atoms with Crippen LogP contribution in [0.3, 0.4) is 0 Å². The monoisotopic (exact) mass is 308 g/mol. The largest absolute Gasteiger partial charge is 0.492 e. The molecule has 6 heteroatoms. The first-order valence-corrected chi connectivity index (χ1v) is 7.49. The average Bonchev–Trinajstić information content (AvgIpc) is 2.48. The van der Waals surface area contributed by atoms with Crippen LogP contribution in [0.1, 0.15) is 10.4 Å². The van der Waals surface area contributed by atoms with Gasteiger partial charge in [-0.15, -0.1) is 0 Å². The quantitative estimate of drug-likeness (QED) is 0.891. The summed E-state index contributed by atoms with van der Waals surface area (Å²) in [5.74, 6) is -1.03. The van der Waals surface area contributed by atoms with Crippen LogP contribution in [0.25, 0.3) is 0 Å². The minimum absolute atomic E-state index is 0.0602. The van der Waals surface area contributed by atoms with Crippen LogP contribution >= 0.6 is 0 Å². The zero-order valence-electron chi connectivity index (χ0n) is 11.0. The van der Waals surface area contributed by atoms with Crippen LogP contribution in [0.4, 0.5) is 4.39 Å². The van der Waals surface area contributed by atoms with Crippen molar-refractivity contribution in [3.8, 4) is 5.75 Å². The molecule has 0 fully saturated rings. The zero-order valence-corrected chi connectivity index (χ0v) is 11.8. The van der Waals surface area contributed by atoms with Crippen molar-refractivity contribution >= 4 is 16.8 Å². The molecule has 0 saturated heterocycles. The van der Waals surface area contributed by atoms with Crippen LogP contribution in [0.2, 0.25) is 0 Å². The minimum Gasteiger partial charge on any atom is -0.492 e. The highest BCUT2D eigenvalue weighted by Gasteiger charge is 2.11. The van der Waals surface area contributed by atoms with Gasteiger partial charge in [-0.2, -0.15) is 0 Å². The van der Waals surface area contributed by atoms with E-state index in [9.17, 15) is 13.4 Å². The second-order valence-electron chi connectivity index (χ2n) is 4.15. The number of rotatable bonds is 6. The highest BCUT2D eigenvalue weighted by atomic mass is 32.2. The number of carboxylic acid groups (broad SMARTS) is 1. The lowest BCUT2D eigenvalue weighted by Gasteiger charge is -2.08. The van der Waals surface area contributed by atoms with Crippen LogP contribution in [-0.2, 0) is 10.8 Å². The number of hydrogen-bond acceptors (Lipinski definition) is 3. The molecule has 0 radical (unpaired) electrons. The molecule has 110 valence electrons. The molecule has 0 aliphatic rings. The van der Waals surface area contributed by atoms with Crippen LogP contribution < -0.4 is 4.74 Å². The lowest BCUT2D eigenvalue weighted by Crippen LogP contribution is -2.11. The molecular weight excluding hydrogens is 295 g/mol. The molecule has 2 aromatic rings. The number of aromatic carboxylic acids is 1. The Kier molecular flexibility index (Phi) is 5.05. The van der Waals surface area contributed by atoms with E-state index < -0.39 is 16.8 Å². The Balaban J connectivity index is 1.94. The molecule has 21 heavy (non-hydrogen) atoms. The van der Waals surface area contributed by atoms with E-state index in [1.54, 1.807) is 18.2 Å². The molecule has 0 amide bonds. The van der Waals surface area contributed by atoms with Gasteiger partial charge in [-0.3, -0.25) is 4.21 Å². The fraction of sp³-hybridized carbons (Fsp3) is 0.133. The number of carboxylic acids is 1. The summed E-state index contributed by atoms with van der Waals surface area (Å²) >= 11 is 0. The molecule has 0 spiro atoms. The van der Waals surface area contributed by atoms with E-state index in [1.807, 2.05) is 0 Å². The third-order valence-corrected chi connectivity index (χ3v) is 4.06. The summed E-state index contributed by atoms with van der Waals surface area (Å²) in [7, 11) is -1.32. The number of para-hydroxylation sites is 1. The standard InChI is InChI=1S/C15H13FO4S/c16-11-5-7-12(8-6-11)21(19)10-9-20-14-4-2-1-3-13(14)15(17)18/h1-8H,9-10H2,(H,17,18). The van der Waals surface area contributed by atoms with Crippen LogP contribution in [0.5, 0.6) is 5.75 Å². The number of hydrogen-bond donors (Lipinski definition) is 1. The van der Waals surface area contributed by atoms with Gasteiger partial charge in [-0.05, 0) is 36.4 Å². The van der Waals surface area contributed by atoms with Crippen LogP contribution in [-0.4, -0.2) is 27.6 Å². The van der Waals surface area contributed by atoms with Crippen LogP contribution in [0, 0.1) is 5.82 Å². The molecule has 1 N–H and O–H groups in total. The predicted molar refractivity (Wildman–Crippen MR) is 76.6 cm³/mol. The van der Waals surface area contributed by atoms with E-state index in [-0.39, 0.29) is 29.5 Å². The third-order valence-electron chi connectivity index (χ3n) is 2.72. The average molecular weight is 308 g/mol. The fourth-order valence-electron chi connectivity index (χ4n) is 1.70. The third kappa shape index (κ3) is 4.13. The van der Waals surface area contributed by atoms with E-state index >= 15 is 0 Å². The summed E-state index contributed by atoms with van der Waals surface area (Å²) in [6.45, 7) is 0.105. The van der Waals surface area contributed by atoms with E-state index in [1.165, 1.54) is 30.3 Å². The van der Waals surface area contributed by atoms with Gasteiger partial charge in [0.1, 0.15) is 23.7 Å². The van der Waals surface area contributed by atoms with Gasteiger partial charge in [0.15, 0.2) is 0 Å². The Morgan fingerprint density at radius 2 is 1.81 bits per heavy atom. The van der Waals surface area contributed by atoms with Crippen molar-refractivity contribution in [2.75, 3.05) is 12.4 Å². The van der Waals surface area contributed by atoms with Crippen molar-refractivity contribution in [2.24, 2.45) is 0 Å². The summed E-state index contributed by atoms with van der Waals surface area (Å²) in [5.41, 5.74) is 0.0602. The fourth-order valence-corrected chi connectivity index (χ4v) is 2.61. The number of benzene rings is 2. The van der Waals surface area contributed by atoms with Gasteiger partial charge in [0, 0.05) is 4.90 Å². The maximum absolute atomic E-state index is 12.8. The van der Waals surface area contributed by atoms with Crippen molar-refractivity contribution < 1.29 is 23.2 Å². The maximum Gasteiger partial charge on any atom is 0.339 e. The summed E-state index contributed by atoms with van der Waals surface area (Å²) in [4.78, 5) is 11.5. The van der Waals surface area contributed by atoms with Crippen molar-refractivity contribution in [1.82, 2.24) is 0 Å². The predicted octanol–water partition coefficient (Wildman–Crippen LogP) is 2.71. The molecule has 0 aromatic heterocycles. The Hall–Kier alpha value is -2.21. The SMILES string of the molecule is O=C(O)c1ccccc1OCCS(=O)c1ccc(F)cc1. The molecule has 0 saturated carbocycles. The van der Waals surface area contributed by atoms with E-state index in [2.05, 4.69) is 0 Å². The number of ether oxygens (including phenoxy) is 1. The minimum atomic E-state index is -1.32. The molecule has 2 rings (SSSR count). The first kappa shape index (κ1) is 15.2. The lowest BCUT2D eigenvalue weighted by molar-refractivity contribution is 0.0692. The highest BCUT2D eigenvalue weighted by Crippen LogP contribution is 2.18. The van der Waals surface area contributed by atoms with Gasteiger partial charge in [-0.1, -0.05) is 12.1 Å². The lowest BCUT2D eigenvalue weighted by atomic mass is 10.2. The molecule has 0 heterocycles. The molecule has 0 aliphatic carbocycles. The molecule has 1 atom stereocenters. The first-order valence-electron chi connectivity index (χ1n) is 6.17. The summed E-state index contributed by atoms with van der Waals surface area (Å²) in [6, 6.07) is 11.7.